The van der Waals surface area contributed by atoms with Crippen molar-refractivity contribution in [1.29, 1.82) is 0 Å². The maximum atomic E-state index is 10.4. The molecule has 0 saturated carbocycles. The molecule has 3 N–H and O–H groups in total. The molecule has 0 amide bonds. The molecular formula is C17H15N5O. The van der Waals surface area contributed by atoms with Gasteiger partial charge in [-0.05, 0) is 22.4 Å². The molecule has 0 bridgehead atoms. The molecule has 2 aromatic heterocycles. The standard InChI is InChI=1S/C17H15N5O/c23-14(13-6-5-11-3-1-2-4-12(11)7-13)8-18-16-15-17(20-9-19-15)22-10-21-16/h1-7,9-10,14,23H,8H2,(H2,18,19,20,21,22)/t14-/m0/s1. The first kappa shape index (κ1) is 13.7. The van der Waals surface area contributed by atoms with Crippen LogP contribution in [0.1, 0.15) is 11.7 Å². The Morgan fingerprint density at radius 2 is 1.91 bits per heavy atom. The Morgan fingerprint density at radius 1 is 1.04 bits per heavy atom. The largest absolute Gasteiger partial charge is 0.387 e. The maximum Gasteiger partial charge on any atom is 0.182 e. The molecule has 0 fully saturated rings. The van der Waals surface area contributed by atoms with E-state index < -0.39 is 6.10 Å². The molecule has 0 aliphatic carbocycles. The minimum absolute atomic E-state index is 0.351. The Hall–Kier alpha value is -2.99. The van der Waals surface area contributed by atoms with Crippen LogP contribution in [0.25, 0.3) is 21.9 Å². The van der Waals surface area contributed by atoms with E-state index in [0.29, 0.717) is 18.0 Å². The Bertz CT molecular complexity index is 965. The Balaban J connectivity index is 1.54. The number of aromatic nitrogens is 4. The van der Waals surface area contributed by atoms with Gasteiger partial charge in [0.2, 0.25) is 0 Å². The first-order valence-corrected chi connectivity index (χ1v) is 7.36. The SMILES string of the molecule is O[C@@H](CNc1ncnc2nc[nH]c12)c1ccc2ccccc2c1. The van der Waals surface area contributed by atoms with Crippen molar-refractivity contribution in [3.05, 3.63) is 60.7 Å². The number of anilines is 1. The van der Waals surface area contributed by atoms with Crippen LogP contribution in [0, 0.1) is 0 Å². The summed E-state index contributed by atoms with van der Waals surface area (Å²) in [5.41, 5.74) is 2.20. The summed E-state index contributed by atoms with van der Waals surface area (Å²) in [5, 5.41) is 15.9. The lowest BCUT2D eigenvalue weighted by molar-refractivity contribution is 0.191. The van der Waals surface area contributed by atoms with Crippen LogP contribution in [0.15, 0.2) is 55.1 Å². The number of H-pyrrole nitrogens is 1. The summed E-state index contributed by atoms with van der Waals surface area (Å²) in [5.74, 6) is 0.632. The quantitative estimate of drug-likeness (QED) is 0.539. The molecule has 0 unspecified atom stereocenters. The van der Waals surface area contributed by atoms with Crippen molar-refractivity contribution in [2.45, 2.75) is 6.10 Å². The van der Waals surface area contributed by atoms with Crippen molar-refractivity contribution in [3.8, 4) is 0 Å². The predicted molar refractivity (Wildman–Crippen MR) is 89.1 cm³/mol. The Labute approximate surface area is 132 Å². The van der Waals surface area contributed by atoms with E-state index in [9.17, 15) is 5.11 Å². The second-order valence-corrected chi connectivity index (χ2v) is 5.33. The van der Waals surface area contributed by atoms with Gasteiger partial charge >= 0.3 is 0 Å². The molecule has 0 radical (unpaired) electrons. The van der Waals surface area contributed by atoms with Gasteiger partial charge in [-0.2, -0.15) is 0 Å². The first-order chi connectivity index (χ1) is 11.3. The van der Waals surface area contributed by atoms with Gasteiger partial charge in [0.15, 0.2) is 11.5 Å². The fourth-order valence-corrected chi connectivity index (χ4v) is 2.63. The highest BCUT2D eigenvalue weighted by Gasteiger charge is 2.11. The second-order valence-electron chi connectivity index (χ2n) is 5.33. The van der Waals surface area contributed by atoms with Crippen molar-refractivity contribution in [3.63, 3.8) is 0 Å². The summed E-state index contributed by atoms with van der Waals surface area (Å²) in [6, 6.07) is 14.1. The number of hydrogen-bond donors (Lipinski definition) is 3. The summed E-state index contributed by atoms with van der Waals surface area (Å²) < 4.78 is 0. The maximum absolute atomic E-state index is 10.4. The molecule has 0 spiro atoms. The molecule has 0 aliphatic rings. The highest BCUT2D eigenvalue weighted by molar-refractivity contribution is 5.83. The van der Waals surface area contributed by atoms with Crippen LogP contribution in [-0.2, 0) is 0 Å². The van der Waals surface area contributed by atoms with Crippen LogP contribution < -0.4 is 5.32 Å². The number of rotatable bonds is 4. The topological polar surface area (TPSA) is 86.7 Å². The minimum Gasteiger partial charge on any atom is -0.387 e. The number of fused-ring (bicyclic) bond motifs is 2. The van der Waals surface area contributed by atoms with Crippen LogP contribution in [0.5, 0.6) is 0 Å². The van der Waals surface area contributed by atoms with Gasteiger partial charge in [-0.1, -0.05) is 36.4 Å². The highest BCUT2D eigenvalue weighted by Crippen LogP contribution is 2.21. The van der Waals surface area contributed by atoms with E-state index in [0.717, 1.165) is 21.9 Å². The normalized spacial score (nSPS) is 12.6. The number of aliphatic hydroxyl groups is 1. The number of aliphatic hydroxyl groups excluding tert-OH is 1. The molecule has 4 aromatic rings. The number of aromatic amines is 1. The number of nitrogens with zero attached hydrogens (tertiary/aromatic N) is 3. The summed E-state index contributed by atoms with van der Waals surface area (Å²) in [4.78, 5) is 15.3. The minimum atomic E-state index is -0.632. The summed E-state index contributed by atoms with van der Waals surface area (Å²) in [6.45, 7) is 0.351. The molecule has 4 rings (SSSR count). The molecule has 2 heterocycles. The highest BCUT2D eigenvalue weighted by atomic mass is 16.3. The van der Waals surface area contributed by atoms with Crippen LogP contribution >= 0.6 is 0 Å². The van der Waals surface area contributed by atoms with Gasteiger partial charge in [0.05, 0.1) is 12.4 Å². The van der Waals surface area contributed by atoms with Gasteiger partial charge in [-0.15, -0.1) is 0 Å². The summed E-state index contributed by atoms with van der Waals surface area (Å²) in [7, 11) is 0. The van der Waals surface area contributed by atoms with Crippen molar-refractivity contribution >= 4 is 27.8 Å². The summed E-state index contributed by atoms with van der Waals surface area (Å²) in [6.07, 6.45) is 2.39. The molecule has 23 heavy (non-hydrogen) atoms. The molecular weight excluding hydrogens is 290 g/mol. The number of nitrogens with one attached hydrogen (secondary N) is 2. The van der Waals surface area contributed by atoms with Crippen LogP contribution in [0.4, 0.5) is 5.82 Å². The van der Waals surface area contributed by atoms with E-state index in [2.05, 4.69) is 31.3 Å². The molecule has 114 valence electrons. The lowest BCUT2D eigenvalue weighted by Crippen LogP contribution is -2.13. The van der Waals surface area contributed by atoms with E-state index in [1.165, 1.54) is 6.33 Å². The average molecular weight is 305 g/mol. The third-order valence-corrected chi connectivity index (χ3v) is 3.84. The second kappa shape index (κ2) is 5.66. The number of hydrogen-bond acceptors (Lipinski definition) is 5. The van der Waals surface area contributed by atoms with Crippen molar-refractivity contribution in [1.82, 2.24) is 19.9 Å². The van der Waals surface area contributed by atoms with Crippen LogP contribution in [0.2, 0.25) is 0 Å². The van der Waals surface area contributed by atoms with Gasteiger partial charge in [0, 0.05) is 6.54 Å². The van der Waals surface area contributed by atoms with E-state index in [-0.39, 0.29) is 0 Å². The lowest BCUT2D eigenvalue weighted by atomic mass is 10.0. The predicted octanol–water partition coefficient (Wildman–Crippen LogP) is 2.65. The molecule has 0 aliphatic heterocycles. The zero-order valence-corrected chi connectivity index (χ0v) is 12.3. The van der Waals surface area contributed by atoms with Crippen LogP contribution in [0.3, 0.4) is 0 Å². The first-order valence-electron chi connectivity index (χ1n) is 7.36. The van der Waals surface area contributed by atoms with E-state index >= 15 is 0 Å². The number of benzene rings is 2. The van der Waals surface area contributed by atoms with Gasteiger partial charge in [0.25, 0.3) is 0 Å². The van der Waals surface area contributed by atoms with E-state index in [1.807, 2.05) is 36.4 Å². The van der Waals surface area contributed by atoms with Crippen molar-refractivity contribution in [2.75, 3.05) is 11.9 Å². The van der Waals surface area contributed by atoms with Gasteiger partial charge < -0.3 is 15.4 Å². The molecule has 0 saturated heterocycles. The molecule has 6 nitrogen and oxygen atoms in total. The van der Waals surface area contributed by atoms with E-state index in [1.54, 1.807) is 6.33 Å². The third-order valence-electron chi connectivity index (χ3n) is 3.84. The average Bonchev–Trinajstić information content (AvgIpc) is 3.08. The number of imidazole rings is 1. The zero-order chi connectivity index (χ0) is 15.6. The van der Waals surface area contributed by atoms with Gasteiger partial charge in [-0.25, -0.2) is 15.0 Å². The van der Waals surface area contributed by atoms with Crippen molar-refractivity contribution < 1.29 is 5.11 Å². The van der Waals surface area contributed by atoms with Gasteiger partial charge in [-0.3, -0.25) is 0 Å². The molecule has 1 atom stereocenters. The van der Waals surface area contributed by atoms with Crippen molar-refractivity contribution in [2.24, 2.45) is 0 Å². The zero-order valence-electron chi connectivity index (χ0n) is 12.3. The smallest absolute Gasteiger partial charge is 0.182 e. The van der Waals surface area contributed by atoms with Gasteiger partial charge in [0.1, 0.15) is 11.8 Å². The fraction of sp³-hybridized carbons (Fsp3) is 0.118. The lowest BCUT2D eigenvalue weighted by Gasteiger charge is -2.13. The monoisotopic (exact) mass is 305 g/mol. The Kier molecular flexibility index (Phi) is 3.36. The van der Waals surface area contributed by atoms with E-state index in [4.69, 9.17) is 0 Å². The fourth-order valence-electron chi connectivity index (χ4n) is 2.63. The summed E-state index contributed by atoms with van der Waals surface area (Å²) >= 11 is 0. The third kappa shape index (κ3) is 2.60. The molecule has 2 aromatic carbocycles. The molecule has 6 heteroatoms. The van der Waals surface area contributed by atoms with Crippen LogP contribution in [-0.4, -0.2) is 31.6 Å². The Morgan fingerprint density at radius 3 is 2.83 bits per heavy atom.